The van der Waals surface area contributed by atoms with Crippen LogP contribution in [-0.2, 0) is 0 Å². The van der Waals surface area contributed by atoms with E-state index in [1.165, 1.54) is 0 Å². The molecule has 1 heterocycles. The van der Waals surface area contributed by atoms with Crippen molar-refractivity contribution < 1.29 is 0 Å². The maximum Gasteiger partial charge on any atom is 0.166 e. The minimum Gasteiger partial charge on any atom is -0.217 e. The van der Waals surface area contributed by atoms with Crippen molar-refractivity contribution in [2.75, 3.05) is 6.54 Å². The van der Waals surface area contributed by atoms with E-state index in [9.17, 15) is 0 Å². The lowest BCUT2D eigenvalue weighted by Gasteiger charge is -1.58. The Morgan fingerprint density at radius 3 is 3.00 bits per heavy atom. The first-order valence-corrected chi connectivity index (χ1v) is 2.70. The Bertz CT molecular complexity index is 65.7. The van der Waals surface area contributed by atoms with E-state index >= 15 is 0 Å². The lowest BCUT2D eigenvalue weighted by atomic mass is 10.8. The largest absolute Gasteiger partial charge is 0.217 e. The Labute approximate surface area is 32.4 Å². The maximum atomic E-state index is 3.74. The van der Waals surface area contributed by atoms with Gasteiger partial charge in [-0.2, -0.15) is 5.11 Å². The minimum atomic E-state index is 0.259. The molecule has 0 saturated heterocycles. The number of hydrogen-bond acceptors (Lipinski definition) is 2. The van der Waals surface area contributed by atoms with Gasteiger partial charge in [0.15, 0.2) is 9.29 Å². The molecule has 0 aromatic rings. The van der Waals surface area contributed by atoms with Crippen LogP contribution in [0.4, 0.5) is 0 Å². The van der Waals surface area contributed by atoms with E-state index in [-0.39, 0.29) is 9.29 Å². The number of nitrogens with zero attached hydrogens (tertiary/aromatic N) is 2. The van der Waals surface area contributed by atoms with Gasteiger partial charge in [0.05, 0.1) is 6.54 Å². The van der Waals surface area contributed by atoms with E-state index in [4.69, 9.17) is 0 Å². The molecule has 26 valence electrons. The summed E-state index contributed by atoms with van der Waals surface area (Å²) in [5, 5.41) is 3.69. The van der Waals surface area contributed by atoms with Crippen LogP contribution in [-0.4, -0.2) is 21.5 Å². The van der Waals surface area contributed by atoms with Crippen LogP contribution < -0.4 is 0 Å². The van der Waals surface area contributed by atoms with Crippen molar-refractivity contribution in [2.45, 2.75) is 0 Å². The van der Waals surface area contributed by atoms with E-state index in [1.54, 1.807) is 0 Å². The van der Waals surface area contributed by atoms with Crippen LogP contribution in [0, 0.1) is 0 Å². The second-order valence-corrected chi connectivity index (χ2v) is 1.82. The van der Waals surface area contributed by atoms with Gasteiger partial charge in [0.2, 0.25) is 0 Å². The molecule has 0 unspecified atom stereocenters. The molecule has 0 saturated carbocycles. The SMILES string of the molecule is C1=[SiH]N=NC1. The van der Waals surface area contributed by atoms with Crippen molar-refractivity contribution in [1.82, 2.24) is 0 Å². The van der Waals surface area contributed by atoms with Gasteiger partial charge in [-0.1, -0.05) is 5.67 Å². The highest BCUT2D eigenvalue weighted by atomic mass is 28.2. The normalized spacial score (nSPS) is 17.6. The fourth-order valence-corrected chi connectivity index (χ4v) is 0.707. The molecule has 0 amide bonds. The average Bonchev–Trinajstić information content (AvgIpc) is 1.76. The van der Waals surface area contributed by atoms with Crippen molar-refractivity contribution in [1.29, 1.82) is 0 Å². The molecule has 0 aliphatic carbocycles. The zero-order valence-corrected chi connectivity index (χ0v) is 3.91. The van der Waals surface area contributed by atoms with Crippen LogP contribution in [0.1, 0.15) is 0 Å². The second-order valence-electron chi connectivity index (χ2n) is 0.824. The molecule has 0 aromatic carbocycles. The topological polar surface area (TPSA) is 24.7 Å². The first kappa shape index (κ1) is 2.90. The summed E-state index contributed by atoms with van der Waals surface area (Å²) in [6, 6.07) is 0. The van der Waals surface area contributed by atoms with Gasteiger partial charge < -0.3 is 0 Å². The van der Waals surface area contributed by atoms with Gasteiger partial charge in [-0.15, -0.1) is 0 Å². The predicted octanol–water partition coefficient (Wildman–Crippen LogP) is -0.394. The molecule has 5 heavy (non-hydrogen) atoms. The number of hydrogen-bond donors (Lipinski definition) is 0. The van der Waals surface area contributed by atoms with E-state index in [0.29, 0.717) is 0 Å². The second kappa shape index (κ2) is 1.21. The highest BCUT2D eigenvalue weighted by Crippen LogP contribution is 1.71. The summed E-state index contributed by atoms with van der Waals surface area (Å²) < 4.78 is 3.74. The lowest BCUT2D eigenvalue weighted by Crippen LogP contribution is -1.71. The van der Waals surface area contributed by atoms with E-state index < -0.39 is 0 Å². The summed E-state index contributed by atoms with van der Waals surface area (Å²) in [7, 11) is 0.259. The Balaban J connectivity index is 2.61. The number of rotatable bonds is 0. The Hall–Kier alpha value is -0.313. The van der Waals surface area contributed by atoms with Gasteiger partial charge >= 0.3 is 0 Å². The Morgan fingerprint density at radius 1 is 1.80 bits per heavy atom. The zero-order chi connectivity index (χ0) is 3.54. The van der Waals surface area contributed by atoms with Crippen molar-refractivity contribution in [3.05, 3.63) is 0 Å². The molecule has 3 heteroatoms. The summed E-state index contributed by atoms with van der Waals surface area (Å²) in [5.74, 6) is 0. The molecule has 0 atom stereocenters. The van der Waals surface area contributed by atoms with E-state index in [2.05, 4.69) is 15.6 Å². The van der Waals surface area contributed by atoms with Crippen molar-refractivity contribution >= 4 is 15.0 Å². The fraction of sp³-hybridized carbons (Fsp3) is 0.500. The van der Waals surface area contributed by atoms with Gasteiger partial charge in [0.1, 0.15) is 0 Å². The Kier molecular flexibility index (Phi) is 0.703. The van der Waals surface area contributed by atoms with Gasteiger partial charge in [0, 0.05) is 0 Å². The summed E-state index contributed by atoms with van der Waals surface area (Å²) in [6.45, 7) is 0.870. The standard InChI is InChI=1S/C2H4N2Si/c1-2-5-4-3-1/h2,5H,1H2. The molecule has 0 bridgehead atoms. The smallest absolute Gasteiger partial charge is 0.166 e. The molecule has 0 aromatic heterocycles. The summed E-state index contributed by atoms with van der Waals surface area (Å²) in [5.41, 5.74) is 2.11. The average molecular weight is 84.2 g/mol. The van der Waals surface area contributed by atoms with E-state index in [1.807, 2.05) is 0 Å². The zero-order valence-electron chi connectivity index (χ0n) is 2.76. The summed E-state index contributed by atoms with van der Waals surface area (Å²) in [6.07, 6.45) is 0. The highest BCUT2D eigenvalue weighted by Gasteiger charge is 1.74. The first-order valence-electron chi connectivity index (χ1n) is 1.52. The van der Waals surface area contributed by atoms with Gasteiger partial charge in [-0.25, -0.2) is 4.78 Å². The third kappa shape index (κ3) is 0.478. The summed E-state index contributed by atoms with van der Waals surface area (Å²) >= 11 is 0. The third-order valence-corrected chi connectivity index (χ3v) is 1.16. The molecule has 1 aliphatic heterocycles. The Morgan fingerprint density at radius 2 is 2.80 bits per heavy atom. The molecule has 0 N–H and O–H groups in total. The molecular formula is C2H4N2Si. The summed E-state index contributed by atoms with van der Waals surface area (Å²) in [4.78, 5) is 0. The molecule has 0 spiro atoms. The van der Waals surface area contributed by atoms with Crippen LogP contribution in [0.3, 0.4) is 0 Å². The molecule has 2 nitrogen and oxygen atoms in total. The van der Waals surface area contributed by atoms with Crippen LogP contribution in [0.5, 0.6) is 0 Å². The van der Waals surface area contributed by atoms with Crippen molar-refractivity contribution in [3.63, 3.8) is 0 Å². The van der Waals surface area contributed by atoms with Crippen molar-refractivity contribution in [2.24, 2.45) is 9.89 Å². The monoisotopic (exact) mass is 84.0 g/mol. The van der Waals surface area contributed by atoms with Gasteiger partial charge in [-0.05, 0) is 0 Å². The molecule has 1 rings (SSSR count). The van der Waals surface area contributed by atoms with Crippen LogP contribution in [0.15, 0.2) is 9.89 Å². The van der Waals surface area contributed by atoms with Crippen molar-refractivity contribution in [3.8, 4) is 0 Å². The van der Waals surface area contributed by atoms with Crippen LogP contribution in [0.25, 0.3) is 0 Å². The molecular weight excluding hydrogens is 80.1 g/mol. The van der Waals surface area contributed by atoms with Crippen LogP contribution in [0.2, 0.25) is 0 Å². The minimum absolute atomic E-state index is 0.259. The molecule has 0 fully saturated rings. The predicted molar refractivity (Wildman–Crippen MR) is 22.9 cm³/mol. The first-order chi connectivity index (χ1) is 2.50. The fourth-order valence-electron chi connectivity index (χ4n) is 0.236. The molecule has 1 aliphatic rings. The van der Waals surface area contributed by atoms with Crippen LogP contribution >= 0.6 is 0 Å². The van der Waals surface area contributed by atoms with Gasteiger partial charge in [0.25, 0.3) is 0 Å². The quantitative estimate of drug-likeness (QED) is 0.357. The van der Waals surface area contributed by atoms with Gasteiger partial charge in [-0.3, -0.25) is 0 Å². The lowest BCUT2D eigenvalue weighted by molar-refractivity contribution is 1.20. The molecule has 0 radical (unpaired) electrons. The third-order valence-electron chi connectivity index (χ3n) is 0.441. The highest BCUT2D eigenvalue weighted by molar-refractivity contribution is 6.46. The maximum absolute atomic E-state index is 3.74. The van der Waals surface area contributed by atoms with E-state index in [0.717, 1.165) is 6.54 Å².